The monoisotopic (exact) mass is 546 g/mol. The first-order chi connectivity index (χ1) is 19.3. The lowest BCUT2D eigenvalue weighted by molar-refractivity contribution is -0.704. The first-order valence-corrected chi connectivity index (χ1v) is 18.4. The van der Waals surface area contributed by atoms with Crippen molar-refractivity contribution in [2.45, 2.75) is 220 Å². The molecule has 1 aromatic rings. The Morgan fingerprint density at radius 3 is 1.23 bits per heavy atom. The molecule has 0 N–H and O–H groups in total. The maximum absolute atomic E-state index is 2.62. The molecule has 2 heteroatoms. The second kappa shape index (κ2) is 28.7. The van der Waals surface area contributed by atoms with Crippen LogP contribution < -0.4 is 4.57 Å². The van der Waals surface area contributed by atoms with E-state index in [4.69, 9.17) is 0 Å². The summed E-state index contributed by atoms with van der Waals surface area (Å²) >= 11 is 0. The Kier molecular flexibility index (Phi) is 26.7. The molecule has 1 heterocycles. The Balaban J connectivity index is 2.20. The first kappa shape index (κ1) is 36.2. The van der Waals surface area contributed by atoms with E-state index in [-0.39, 0.29) is 0 Å². The van der Waals surface area contributed by atoms with Crippen LogP contribution in [-0.2, 0) is 19.5 Å². The fourth-order valence-electron chi connectivity index (χ4n) is 6.15. The third kappa shape index (κ3) is 21.6. The second-order valence-corrected chi connectivity index (χ2v) is 12.7. The summed E-state index contributed by atoms with van der Waals surface area (Å²) < 4.78 is 5.22. The molecule has 39 heavy (non-hydrogen) atoms. The molecule has 1 aromatic heterocycles. The molecule has 0 saturated carbocycles. The summed E-state index contributed by atoms with van der Waals surface area (Å²) in [5.41, 5.74) is 0. The summed E-state index contributed by atoms with van der Waals surface area (Å²) in [6.07, 6.45) is 45.9. The number of hydrogen-bond acceptors (Lipinski definition) is 0. The molecule has 0 bridgehead atoms. The van der Waals surface area contributed by atoms with Crippen molar-refractivity contribution >= 4 is 0 Å². The minimum atomic E-state index is 1.22. The van der Waals surface area contributed by atoms with E-state index in [0.29, 0.717) is 0 Å². The molecule has 0 aromatic carbocycles. The van der Waals surface area contributed by atoms with Crippen LogP contribution >= 0.6 is 0 Å². The van der Waals surface area contributed by atoms with E-state index in [9.17, 15) is 0 Å². The molecule has 0 fully saturated rings. The molecular formula is C37H73N2+. The maximum Gasteiger partial charge on any atom is 0.256 e. The summed E-state index contributed by atoms with van der Waals surface area (Å²) in [7, 11) is 0. The Bertz CT molecular complexity index is 605. The summed E-state index contributed by atoms with van der Waals surface area (Å²) in [5, 5.41) is 0. The standard InChI is InChI=1S/C37H73N2/c1-4-7-10-13-15-17-19-20-21-22-24-26-28-31-34-39-36-35-38(33-30-12-9-6-3)37(39)32-29-27-25-23-18-16-14-11-8-5-2/h35-36H,4-34H2,1-3H3/q+1. The number of hydrogen-bond donors (Lipinski definition) is 0. The van der Waals surface area contributed by atoms with Crippen molar-refractivity contribution in [1.82, 2.24) is 4.57 Å². The number of aryl methyl sites for hydroxylation is 2. The van der Waals surface area contributed by atoms with Gasteiger partial charge in [0.15, 0.2) is 0 Å². The van der Waals surface area contributed by atoms with Gasteiger partial charge in [0, 0.05) is 6.42 Å². The number of nitrogens with zero attached hydrogens (tertiary/aromatic N) is 2. The number of rotatable bonds is 31. The van der Waals surface area contributed by atoms with Crippen LogP contribution in [0.1, 0.15) is 206 Å². The highest BCUT2D eigenvalue weighted by atomic mass is 15.1. The SMILES string of the molecule is CCCCCCCCCCCCCCCC[n+]1ccn(CCCCCC)c1CCCCCCCCCCCC. The molecule has 0 aliphatic heterocycles. The van der Waals surface area contributed by atoms with Crippen molar-refractivity contribution in [2.75, 3.05) is 0 Å². The molecule has 1 rings (SSSR count). The van der Waals surface area contributed by atoms with Crippen molar-refractivity contribution in [3.63, 3.8) is 0 Å². The smallest absolute Gasteiger partial charge is 0.234 e. The summed E-state index contributed by atoms with van der Waals surface area (Å²) in [6.45, 7) is 9.39. The van der Waals surface area contributed by atoms with Gasteiger partial charge in [-0.1, -0.05) is 168 Å². The first-order valence-electron chi connectivity index (χ1n) is 18.4. The van der Waals surface area contributed by atoms with Crippen LogP contribution in [0.5, 0.6) is 0 Å². The van der Waals surface area contributed by atoms with Gasteiger partial charge in [0.25, 0.3) is 5.82 Å². The Hall–Kier alpha value is -0.790. The van der Waals surface area contributed by atoms with Gasteiger partial charge < -0.3 is 0 Å². The van der Waals surface area contributed by atoms with Crippen LogP contribution in [0.4, 0.5) is 0 Å². The van der Waals surface area contributed by atoms with E-state index in [2.05, 4.69) is 42.3 Å². The lowest BCUT2D eigenvalue weighted by Gasteiger charge is -2.07. The van der Waals surface area contributed by atoms with E-state index >= 15 is 0 Å². The molecule has 0 atom stereocenters. The van der Waals surface area contributed by atoms with E-state index in [1.165, 1.54) is 199 Å². The van der Waals surface area contributed by atoms with Gasteiger partial charge >= 0.3 is 0 Å². The minimum absolute atomic E-state index is 1.22. The predicted octanol–water partition coefficient (Wildman–Crippen LogP) is 12.3. The van der Waals surface area contributed by atoms with Gasteiger partial charge in [0.1, 0.15) is 12.4 Å². The molecule has 230 valence electrons. The van der Waals surface area contributed by atoms with Gasteiger partial charge in [0.05, 0.1) is 13.1 Å². The van der Waals surface area contributed by atoms with Crippen molar-refractivity contribution in [3.8, 4) is 0 Å². The van der Waals surface area contributed by atoms with Crippen LogP contribution in [0.3, 0.4) is 0 Å². The van der Waals surface area contributed by atoms with Crippen LogP contribution in [0.15, 0.2) is 12.4 Å². The topological polar surface area (TPSA) is 8.81 Å². The third-order valence-corrected chi connectivity index (χ3v) is 8.85. The molecule has 0 aliphatic rings. The van der Waals surface area contributed by atoms with E-state index < -0.39 is 0 Å². The molecule has 0 amide bonds. The van der Waals surface area contributed by atoms with E-state index in [0.717, 1.165) is 0 Å². The van der Waals surface area contributed by atoms with Crippen LogP contribution in [0, 0.1) is 0 Å². The Morgan fingerprint density at radius 2 is 0.795 bits per heavy atom. The van der Waals surface area contributed by atoms with Crippen LogP contribution in [-0.4, -0.2) is 4.57 Å². The summed E-state index contributed by atoms with van der Waals surface area (Å²) in [5.74, 6) is 1.61. The number of imidazole rings is 1. The maximum atomic E-state index is 2.62. The van der Waals surface area contributed by atoms with Crippen molar-refractivity contribution in [3.05, 3.63) is 18.2 Å². The van der Waals surface area contributed by atoms with Crippen molar-refractivity contribution in [1.29, 1.82) is 0 Å². The number of unbranched alkanes of at least 4 members (excludes halogenated alkanes) is 25. The molecule has 0 unspecified atom stereocenters. The van der Waals surface area contributed by atoms with Gasteiger partial charge in [0.2, 0.25) is 0 Å². The largest absolute Gasteiger partial charge is 0.256 e. The van der Waals surface area contributed by atoms with Crippen LogP contribution in [0.2, 0.25) is 0 Å². The highest BCUT2D eigenvalue weighted by Crippen LogP contribution is 2.15. The zero-order valence-electron chi connectivity index (χ0n) is 27.5. The second-order valence-electron chi connectivity index (χ2n) is 12.7. The van der Waals surface area contributed by atoms with E-state index in [1.54, 1.807) is 5.82 Å². The summed E-state index contributed by atoms with van der Waals surface area (Å²) in [4.78, 5) is 0. The molecule has 0 spiro atoms. The number of aromatic nitrogens is 2. The minimum Gasteiger partial charge on any atom is -0.234 e. The van der Waals surface area contributed by atoms with Gasteiger partial charge in [-0.15, -0.1) is 0 Å². The average Bonchev–Trinajstić information content (AvgIpc) is 3.33. The predicted molar refractivity (Wildman–Crippen MR) is 175 cm³/mol. The zero-order chi connectivity index (χ0) is 28.1. The van der Waals surface area contributed by atoms with Gasteiger partial charge in [-0.3, -0.25) is 0 Å². The molecule has 2 nitrogen and oxygen atoms in total. The third-order valence-electron chi connectivity index (χ3n) is 8.85. The normalized spacial score (nSPS) is 11.6. The van der Waals surface area contributed by atoms with E-state index in [1.807, 2.05) is 0 Å². The van der Waals surface area contributed by atoms with Crippen molar-refractivity contribution < 1.29 is 4.57 Å². The highest BCUT2D eigenvalue weighted by Gasteiger charge is 2.16. The molecule has 0 saturated heterocycles. The van der Waals surface area contributed by atoms with Gasteiger partial charge in [-0.25, -0.2) is 9.13 Å². The molecular weight excluding hydrogens is 472 g/mol. The summed E-state index contributed by atoms with van der Waals surface area (Å²) in [6, 6.07) is 0. The zero-order valence-corrected chi connectivity index (χ0v) is 27.5. The van der Waals surface area contributed by atoms with Crippen LogP contribution in [0.25, 0.3) is 0 Å². The lowest BCUT2D eigenvalue weighted by atomic mass is 10.0. The molecule has 0 radical (unpaired) electrons. The van der Waals surface area contributed by atoms with Crippen molar-refractivity contribution in [2.24, 2.45) is 0 Å². The highest BCUT2D eigenvalue weighted by molar-refractivity contribution is 4.84. The molecule has 0 aliphatic carbocycles. The fourth-order valence-corrected chi connectivity index (χ4v) is 6.15. The Morgan fingerprint density at radius 1 is 0.436 bits per heavy atom. The lowest BCUT2D eigenvalue weighted by Crippen LogP contribution is -2.37. The Labute approximate surface area is 247 Å². The average molecular weight is 546 g/mol. The van der Waals surface area contributed by atoms with Gasteiger partial charge in [-0.05, 0) is 32.1 Å². The van der Waals surface area contributed by atoms with Gasteiger partial charge in [-0.2, -0.15) is 0 Å². The quantitative estimate of drug-likeness (QED) is 0.0648. The fraction of sp³-hybridized carbons (Fsp3) is 0.919.